The van der Waals surface area contributed by atoms with Gasteiger partial charge in [-0.25, -0.2) is 4.79 Å². The number of nitrogens with zero attached hydrogens (tertiary/aromatic N) is 3. The van der Waals surface area contributed by atoms with Crippen molar-refractivity contribution in [2.24, 2.45) is 13.0 Å². The number of likely N-dealkylation sites (N-methyl/N-ethyl adjacent to an activating group) is 1. The zero-order valence-electron chi connectivity index (χ0n) is 11.4. The van der Waals surface area contributed by atoms with Crippen LogP contribution in [-0.2, 0) is 23.1 Å². The first-order chi connectivity index (χ1) is 9.49. The number of aryl methyl sites for hydroxylation is 1. The number of urea groups is 1. The third-order valence-electron chi connectivity index (χ3n) is 3.39. The highest BCUT2D eigenvalue weighted by Crippen LogP contribution is 2.19. The lowest BCUT2D eigenvalue weighted by molar-refractivity contribution is -0.142. The first-order valence-corrected chi connectivity index (χ1v) is 6.27. The summed E-state index contributed by atoms with van der Waals surface area (Å²) in [7, 11) is 3.37. The summed E-state index contributed by atoms with van der Waals surface area (Å²) in [6, 6.07) is -0.767. The fraction of sp³-hybridized carbons (Fsp3) is 0.583. The molecule has 1 fully saturated rings. The maximum atomic E-state index is 12.0. The number of aliphatic carboxylic acids is 1. The van der Waals surface area contributed by atoms with Gasteiger partial charge in [0.25, 0.3) is 0 Å². The minimum atomic E-state index is -0.945. The van der Waals surface area contributed by atoms with E-state index in [4.69, 9.17) is 9.84 Å². The molecule has 1 aromatic rings. The van der Waals surface area contributed by atoms with E-state index in [1.807, 2.05) is 0 Å². The van der Waals surface area contributed by atoms with Crippen LogP contribution in [0.25, 0.3) is 0 Å². The van der Waals surface area contributed by atoms with Gasteiger partial charge in [-0.1, -0.05) is 0 Å². The molecule has 0 spiro atoms. The van der Waals surface area contributed by atoms with Crippen molar-refractivity contribution in [3.05, 3.63) is 18.0 Å². The molecular formula is C12H18N4O4. The molecule has 0 bridgehead atoms. The van der Waals surface area contributed by atoms with Crippen LogP contribution in [0.5, 0.6) is 0 Å². The third kappa shape index (κ3) is 3.08. The molecule has 0 aliphatic carbocycles. The Morgan fingerprint density at radius 3 is 2.95 bits per heavy atom. The number of carboxylic acids is 1. The van der Waals surface area contributed by atoms with Gasteiger partial charge in [-0.15, -0.1) is 0 Å². The molecule has 2 atom stereocenters. The minimum Gasteiger partial charge on any atom is -0.481 e. The Hall–Kier alpha value is -2.09. The molecule has 2 rings (SSSR count). The maximum absolute atomic E-state index is 12.0. The average Bonchev–Trinajstić information content (AvgIpc) is 3.03. The standard InChI is InChI=1S/C12H18N4O4/c1-15-5-8(4-14-15)3-13-12(19)16(2)10-7-20-6-9(10)11(17)18/h4-5,9-10H,3,6-7H2,1-2H3,(H,13,19)(H,17,18). The van der Waals surface area contributed by atoms with Crippen LogP contribution in [0.1, 0.15) is 5.56 Å². The van der Waals surface area contributed by atoms with E-state index in [1.54, 1.807) is 31.2 Å². The Kier molecular flexibility index (Phi) is 4.23. The summed E-state index contributed by atoms with van der Waals surface area (Å²) >= 11 is 0. The highest BCUT2D eigenvalue weighted by Gasteiger charge is 2.38. The first-order valence-electron chi connectivity index (χ1n) is 6.27. The predicted octanol–water partition coefficient (Wildman–Crippen LogP) is -0.339. The van der Waals surface area contributed by atoms with Gasteiger partial charge in [0, 0.05) is 32.4 Å². The number of hydrogen-bond donors (Lipinski definition) is 2. The lowest BCUT2D eigenvalue weighted by Gasteiger charge is -2.26. The Bertz CT molecular complexity index is 501. The second-order valence-corrected chi connectivity index (χ2v) is 4.84. The number of rotatable bonds is 4. The quantitative estimate of drug-likeness (QED) is 0.787. The molecule has 8 nitrogen and oxygen atoms in total. The number of carbonyl (C=O) groups excluding carboxylic acids is 1. The maximum Gasteiger partial charge on any atom is 0.317 e. The van der Waals surface area contributed by atoms with Gasteiger partial charge in [0.2, 0.25) is 0 Å². The molecule has 1 saturated heterocycles. The van der Waals surface area contributed by atoms with Crippen molar-refractivity contribution in [1.29, 1.82) is 0 Å². The second-order valence-electron chi connectivity index (χ2n) is 4.84. The number of carbonyl (C=O) groups is 2. The number of carboxylic acid groups (broad SMARTS) is 1. The summed E-state index contributed by atoms with van der Waals surface area (Å²) in [4.78, 5) is 24.5. The van der Waals surface area contributed by atoms with Gasteiger partial charge in [-0.05, 0) is 0 Å². The van der Waals surface area contributed by atoms with Gasteiger partial charge in [-0.2, -0.15) is 5.10 Å². The van der Waals surface area contributed by atoms with Crippen LogP contribution in [0.2, 0.25) is 0 Å². The monoisotopic (exact) mass is 282 g/mol. The van der Waals surface area contributed by atoms with E-state index in [0.717, 1.165) is 5.56 Å². The third-order valence-corrected chi connectivity index (χ3v) is 3.39. The molecule has 2 unspecified atom stereocenters. The van der Waals surface area contributed by atoms with E-state index in [9.17, 15) is 9.59 Å². The number of hydrogen-bond acceptors (Lipinski definition) is 4. The number of amides is 2. The molecule has 0 aromatic carbocycles. The van der Waals surface area contributed by atoms with Crippen molar-refractivity contribution in [3.63, 3.8) is 0 Å². The fourth-order valence-corrected chi connectivity index (χ4v) is 2.18. The molecule has 1 aliphatic rings. The van der Waals surface area contributed by atoms with Crippen LogP contribution >= 0.6 is 0 Å². The van der Waals surface area contributed by atoms with E-state index >= 15 is 0 Å². The van der Waals surface area contributed by atoms with E-state index < -0.39 is 17.9 Å². The molecule has 20 heavy (non-hydrogen) atoms. The minimum absolute atomic E-state index is 0.139. The van der Waals surface area contributed by atoms with Crippen LogP contribution in [0.15, 0.2) is 12.4 Å². The highest BCUT2D eigenvalue weighted by molar-refractivity contribution is 5.77. The molecule has 0 saturated carbocycles. The Balaban J connectivity index is 1.90. The number of ether oxygens (including phenoxy) is 1. The van der Waals surface area contributed by atoms with E-state index in [2.05, 4.69) is 10.4 Å². The Labute approximate surface area is 116 Å². The van der Waals surface area contributed by atoms with E-state index in [-0.39, 0.29) is 19.2 Å². The van der Waals surface area contributed by atoms with Gasteiger partial charge in [0.15, 0.2) is 0 Å². The summed E-state index contributed by atoms with van der Waals surface area (Å²) in [5.74, 6) is -1.62. The number of nitrogens with one attached hydrogen (secondary N) is 1. The molecule has 2 heterocycles. The normalized spacial score (nSPS) is 21.7. The molecule has 2 amide bonds. The Morgan fingerprint density at radius 2 is 2.35 bits per heavy atom. The zero-order chi connectivity index (χ0) is 14.7. The lowest BCUT2D eigenvalue weighted by Crippen LogP contribution is -2.48. The molecule has 8 heteroatoms. The van der Waals surface area contributed by atoms with Crippen molar-refractivity contribution in [1.82, 2.24) is 20.0 Å². The SMILES string of the molecule is CN(C(=O)NCc1cnn(C)c1)C1COCC1C(=O)O. The summed E-state index contributed by atoms with van der Waals surface area (Å²) < 4.78 is 6.80. The lowest BCUT2D eigenvalue weighted by atomic mass is 10.0. The number of aromatic nitrogens is 2. The van der Waals surface area contributed by atoms with Crippen molar-refractivity contribution in [2.75, 3.05) is 20.3 Å². The van der Waals surface area contributed by atoms with Crippen LogP contribution in [0.3, 0.4) is 0 Å². The first kappa shape index (κ1) is 14.3. The molecule has 1 aromatic heterocycles. The van der Waals surface area contributed by atoms with Crippen LogP contribution in [0, 0.1) is 5.92 Å². The van der Waals surface area contributed by atoms with Gasteiger partial charge in [0.1, 0.15) is 5.92 Å². The Morgan fingerprint density at radius 1 is 1.60 bits per heavy atom. The summed E-state index contributed by atoms with van der Waals surface area (Å²) in [6.07, 6.45) is 3.47. The predicted molar refractivity (Wildman–Crippen MR) is 68.9 cm³/mol. The van der Waals surface area contributed by atoms with Gasteiger partial charge in [-0.3, -0.25) is 9.48 Å². The van der Waals surface area contributed by atoms with E-state index in [1.165, 1.54) is 4.90 Å². The molecule has 0 radical (unpaired) electrons. The van der Waals surface area contributed by atoms with Crippen molar-refractivity contribution < 1.29 is 19.4 Å². The molecule has 110 valence electrons. The summed E-state index contributed by atoms with van der Waals surface area (Å²) in [5, 5.41) is 15.8. The van der Waals surface area contributed by atoms with Crippen molar-refractivity contribution >= 4 is 12.0 Å². The molecular weight excluding hydrogens is 264 g/mol. The van der Waals surface area contributed by atoms with E-state index in [0.29, 0.717) is 6.54 Å². The van der Waals surface area contributed by atoms with Gasteiger partial charge in [0.05, 0.1) is 25.5 Å². The van der Waals surface area contributed by atoms with Gasteiger partial charge < -0.3 is 20.1 Å². The largest absolute Gasteiger partial charge is 0.481 e. The topological polar surface area (TPSA) is 96.7 Å². The summed E-state index contributed by atoms with van der Waals surface area (Å²) in [5.41, 5.74) is 0.881. The van der Waals surface area contributed by atoms with Gasteiger partial charge >= 0.3 is 12.0 Å². The molecule has 2 N–H and O–H groups in total. The fourth-order valence-electron chi connectivity index (χ4n) is 2.18. The second kappa shape index (κ2) is 5.91. The smallest absolute Gasteiger partial charge is 0.317 e. The van der Waals surface area contributed by atoms with Crippen LogP contribution in [-0.4, -0.2) is 58.1 Å². The summed E-state index contributed by atoms with van der Waals surface area (Å²) in [6.45, 7) is 0.732. The zero-order valence-corrected chi connectivity index (χ0v) is 11.4. The van der Waals surface area contributed by atoms with Crippen LogP contribution in [0.4, 0.5) is 4.79 Å². The van der Waals surface area contributed by atoms with Crippen LogP contribution < -0.4 is 5.32 Å². The highest BCUT2D eigenvalue weighted by atomic mass is 16.5. The van der Waals surface area contributed by atoms with Crippen molar-refractivity contribution in [2.45, 2.75) is 12.6 Å². The van der Waals surface area contributed by atoms with Crippen molar-refractivity contribution in [3.8, 4) is 0 Å². The average molecular weight is 282 g/mol. The molecule has 1 aliphatic heterocycles.